The summed E-state index contributed by atoms with van der Waals surface area (Å²) in [5, 5.41) is 7.97. The Balaban J connectivity index is 2.76. The Bertz CT molecular complexity index is 215. The van der Waals surface area contributed by atoms with Gasteiger partial charge >= 0.3 is 6.01 Å². The average molecular weight is 121 g/mol. The van der Waals surface area contributed by atoms with Gasteiger partial charge in [0.05, 0.1) is 0 Å². The molecule has 0 radical (unpaired) electrons. The van der Waals surface area contributed by atoms with E-state index >= 15 is 0 Å². The summed E-state index contributed by atoms with van der Waals surface area (Å²) >= 11 is 0. The van der Waals surface area contributed by atoms with E-state index < -0.39 is 0 Å². The number of hydrogen-bond donors (Lipinski definition) is 0. The van der Waals surface area contributed by atoms with E-state index in [1.165, 1.54) is 18.6 Å². The molecule has 0 fully saturated rings. The van der Waals surface area contributed by atoms with Gasteiger partial charge in [-0.2, -0.15) is 0 Å². The molecule has 0 aliphatic heterocycles. The van der Waals surface area contributed by atoms with Crippen LogP contribution < -0.4 is 4.74 Å². The summed E-state index contributed by atoms with van der Waals surface area (Å²) in [6.07, 6.45) is 4.46. The van der Waals surface area contributed by atoms with Gasteiger partial charge < -0.3 is 4.74 Å². The van der Waals surface area contributed by atoms with Gasteiger partial charge in [0.15, 0.2) is 0 Å². The molecular weight excluding hydrogens is 118 g/mol. The second-order valence-corrected chi connectivity index (χ2v) is 1.22. The lowest BCUT2D eigenvalue weighted by atomic mass is 10.7. The number of ether oxygens (including phenoxy) is 1. The van der Waals surface area contributed by atoms with Crippen molar-refractivity contribution < 1.29 is 4.74 Å². The first kappa shape index (κ1) is 5.51. The Labute approximate surface area is 51.7 Å². The Morgan fingerprint density at radius 1 is 1.44 bits per heavy atom. The average Bonchev–Trinajstić information content (AvgIpc) is 1.91. The van der Waals surface area contributed by atoms with Gasteiger partial charge in [0.2, 0.25) is 0 Å². The van der Waals surface area contributed by atoms with Crippen LogP contribution in [-0.2, 0) is 0 Å². The number of nitriles is 1. The fraction of sp³-hybridized carbons (Fsp3) is 0. The summed E-state index contributed by atoms with van der Waals surface area (Å²) in [6, 6.07) is 1.73. The standard InChI is InChI=1S/C5H3N3O/c6-4-9-5-7-2-1-3-8-5/h1-3H. The number of aromatic nitrogens is 2. The monoisotopic (exact) mass is 121 g/mol. The molecular formula is C5H3N3O. The third-order valence-corrected chi connectivity index (χ3v) is 0.679. The predicted molar refractivity (Wildman–Crippen MR) is 28.3 cm³/mol. The third-order valence-electron chi connectivity index (χ3n) is 0.679. The van der Waals surface area contributed by atoms with Crippen molar-refractivity contribution in [2.45, 2.75) is 0 Å². The highest BCUT2D eigenvalue weighted by atomic mass is 16.5. The Morgan fingerprint density at radius 2 is 2.11 bits per heavy atom. The highest BCUT2D eigenvalue weighted by Gasteiger charge is 1.88. The molecule has 0 amide bonds. The van der Waals surface area contributed by atoms with Crippen LogP contribution in [0.5, 0.6) is 6.01 Å². The van der Waals surface area contributed by atoms with Crippen LogP contribution in [0, 0.1) is 11.5 Å². The van der Waals surface area contributed by atoms with Crippen LogP contribution >= 0.6 is 0 Å². The van der Waals surface area contributed by atoms with Gasteiger partial charge in [-0.3, -0.25) is 0 Å². The van der Waals surface area contributed by atoms with Crippen molar-refractivity contribution in [3.63, 3.8) is 0 Å². The van der Waals surface area contributed by atoms with Gasteiger partial charge in [-0.1, -0.05) is 0 Å². The molecule has 0 unspecified atom stereocenters. The lowest BCUT2D eigenvalue weighted by Crippen LogP contribution is -1.87. The quantitative estimate of drug-likeness (QED) is 0.502. The molecule has 44 valence electrons. The minimum atomic E-state index is 0.0833. The highest BCUT2D eigenvalue weighted by Crippen LogP contribution is 1.94. The van der Waals surface area contributed by atoms with E-state index in [9.17, 15) is 0 Å². The largest absolute Gasteiger partial charge is 0.349 e. The van der Waals surface area contributed by atoms with E-state index in [4.69, 9.17) is 5.26 Å². The van der Waals surface area contributed by atoms with Gasteiger partial charge in [-0.15, -0.1) is 5.26 Å². The Kier molecular flexibility index (Phi) is 1.60. The molecule has 0 spiro atoms. The summed E-state index contributed by atoms with van der Waals surface area (Å²) in [6.45, 7) is 0. The van der Waals surface area contributed by atoms with Crippen molar-refractivity contribution in [1.29, 1.82) is 5.26 Å². The predicted octanol–water partition coefficient (Wildman–Crippen LogP) is 0.336. The minimum absolute atomic E-state index is 0.0833. The molecule has 0 aromatic carbocycles. The molecule has 4 nitrogen and oxygen atoms in total. The van der Waals surface area contributed by atoms with E-state index in [1.54, 1.807) is 6.07 Å². The molecule has 0 saturated carbocycles. The van der Waals surface area contributed by atoms with Gasteiger partial charge in [-0.05, 0) is 6.07 Å². The van der Waals surface area contributed by atoms with Gasteiger partial charge in [0.1, 0.15) is 0 Å². The van der Waals surface area contributed by atoms with Crippen LogP contribution in [0.3, 0.4) is 0 Å². The molecule has 0 saturated heterocycles. The van der Waals surface area contributed by atoms with Gasteiger partial charge in [-0.25, -0.2) is 9.97 Å². The highest BCUT2D eigenvalue weighted by molar-refractivity contribution is 4.95. The molecule has 0 aliphatic carbocycles. The number of rotatable bonds is 1. The maximum Gasteiger partial charge on any atom is 0.332 e. The van der Waals surface area contributed by atoms with Crippen LogP contribution in [0.15, 0.2) is 18.5 Å². The smallest absolute Gasteiger partial charge is 0.332 e. The fourth-order valence-corrected chi connectivity index (χ4v) is 0.379. The van der Waals surface area contributed by atoms with Crippen molar-refractivity contribution in [2.24, 2.45) is 0 Å². The number of nitrogens with zero attached hydrogens (tertiary/aromatic N) is 3. The topological polar surface area (TPSA) is 58.8 Å². The van der Waals surface area contributed by atoms with E-state index in [0.717, 1.165) is 0 Å². The third kappa shape index (κ3) is 1.39. The summed E-state index contributed by atoms with van der Waals surface area (Å²) < 4.78 is 4.29. The first-order valence-corrected chi connectivity index (χ1v) is 2.26. The van der Waals surface area contributed by atoms with E-state index in [1.807, 2.05) is 0 Å². The van der Waals surface area contributed by atoms with E-state index in [0.29, 0.717) is 0 Å². The van der Waals surface area contributed by atoms with Gasteiger partial charge in [0, 0.05) is 12.4 Å². The van der Waals surface area contributed by atoms with E-state index in [2.05, 4.69) is 14.7 Å². The van der Waals surface area contributed by atoms with Crippen molar-refractivity contribution in [3.05, 3.63) is 18.5 Å². The summed E-state index contributed by atoms with van der Waals surface area (Å²) in [5.41, 5.74) is 0. The fourth-order valence-electron chi connectivity index (χ4n) is 0.379. The zero-order valence-electron chi connectivity index (χ0n) is 4.48. The SMILES string of the molecule is N#COc1ncccn1. The molecule has 9 heavy (non-hydrogen) atoms. The maximum atomic E-state index is 7.97. The molecule has 0 aliphatic rings. The van der Waals surface area contributed by atoms with Crippen LogP contribution in [0.4, 0.5) is 0 Å². The summed E-state index contributed by atoms with van der Waals surface area (Å²) in [4.78, 5) is 7.23. The maximum absolute atomic E-state index is 7.97. The first-order valence-electron chi connectivity index (χ1n) is 2.26. The summed E-state index contributed by atoms with van der Waals surface area (Å²) in [5.74, 6) is 0. The molecule has 1 aromatic heterocycles. The molecule has 0 N–H and O–H groups in total. The zero-order valence-corrected chi connectivity index (χ0v) is 4.48. The summed E-state index contributed by atoms with van der Waals surface area (Å²) in [7, 11) is 0. The minimum Gasteiger partial charge on any atom is -0.349 e. The lowest BCUT2D eigenvalue weighted by molar-refractivity contribution is 0.463. The van der Waals surface area contributed by atoms with E-state index in [-0.39, 0.29) is 6.01 Å². The molecule has 1 aromatic rings. The Morgan fingerprint density at radius 3 is 2.67 bits per heavy atom. The van der Waals surface area contributed by atoms with Crippen molar-refractivity contribution in [3.8, 4) is 12.3 Å². The zero-order chi connectivity index (χ0) is 6.53. The first-order chi connectivity index (χ1) is 4.43. The van der Waals surface area contributed by atoms with Crippen molar-refractivity contribution >= 4 is 0 Å². The van der Waals surface area contributed by atoms with Crippen LogP contribution in [0.25, 0.3) is 0 Å². The van der Waals surface area contributed by atoms with Crippen molar-refractivity contribution in [1.82, 2.24) is 9.97 Å². The molecule has 4 heteroatoms. The Hall–Kier alpha value is -1.63. The van der Waals surface area contributed by atoms with Gasteiger partial charge in [0.25, 0.3) is 6.26 Å². The second-order valence-electron chi connectivity index (χ2n) is 1.22. The number of hydrogen-bond acceptors (Lipinski definition) is 4. The van der Waals surface area contributed by atoms with Crippen LogP contribution in [-0.4, -0.2) is 9.97 Å². The molecule has 1 heterocycles. The van der Waals surface area contributed by atoms with Crippen LogP contribution in [0.2, 0.25) is 0 Å². The lowest BCUT2D eigenvalue weighted by Gasteiger charge is -1.87. The molecule has 1 rings (SSSR count). The molecule has 0 bridgehead atoms. The van der Waals surface area contributed by atoms with Crippen molar-refractivity contribution in [2.75, 3.05) is 0 Å². The molecule has 0 atom stereocenters. The van der Waals surface area contributed by atoms with Crippen LogP contribution in [0.1, 0.15) is 0 Å². The second kappa shape index (κ2) is 2.62. The normalized spacial score (nSPS) is 7.89.